The molecule has 0 radical (unpaired) electrons. The van der Waals surface area contributed by atoms with E-state index < -0.39 is 12.1 Å². The molecular formula is C20H17N3O3. The lowest BCUT2D eigenvalue weighted by Gasteiger charge is -2.10. The lowest BCUT2D eigenvalue weighted by atomic mass is 10.1. The van der Waals surface area contributed by atoms with Crippen molar-refractivity contribution in [3.8, 4) is 0 Å². The zero-order valence-corrected chi connectivity index (χ0v) is 14.4. The van der Waals surface area contributed by atoms with Gasteiger partial charge in [-0.2, -0.15) is 0 Å². The van der Waals surface area contributed by atoms with Gasteiger partial charge in [-0.15, -0.1) is 0 Å². The van der Waals surface area contributed by atoms with Crippen molar-refractivity contribution in [3.63, 3.8) is 0 Å². The maximum atomic E-state index is 12.7. The van der Waals surface area contributed by atoms with E-state index >= 15 is 0 Å². The molecule has 0 saturated heterocycles. The number of pyridine rings is 1. The van der Waals surface area contributed by atoms with Crippen molar-refractivity contribution in [1.29, 1.82) is 0 Å². The van der Waals surface area contributed by atoms with Crippen molar-refractivity contribution < 1.29 is 14.3 Å². The Kier molecular flexibility index (Phi) is 3.80. The molecule has 0 aliphatic rings. The van der Waals surface area contributed by atoms with Gasteiger partial charge in [-0.05, 0) is 32.0 Å². The van der Waals surface area contributed by atoms with Crippen LogP contribution in [0.3, 0.4) is 0 Å². The van der Waals surface area contributed by atoms with Gasteiger partial charge in [0.1, 0.15) is 5.65 Å². The van der Waals surface area contributed by atoms with Crippen LogP contribution in [-0.4, -0.2) is 32.2 Å². The number of ether oxygens (including phenoxy) is 1. The maximum Gasteiger partial charge on any atom is 0.359 e. The molecular weight excluding hydrogens is 330 g/mol. The highest BCUT2D eigenvalue weighted by molar-refractivity contribution is 6.10. The number of aromatic nitrogens is 3. The summed E-state index contributed by atoms with van der Waals surface area (Å²) in [5.74, 6) is -0.871. The summed E-state index contributed by atoms with van der Waals surface area (Å²) in [6, 6.07) is 13.1. The van der Waals surface area contributed by atoms with Crippen molar-refractivity contribution >= 4 is 28.3 Å². The number of aromatic amines is 1. The van der Waals surface area contributed by atoms with E-state index in [-0.39, 0.29) is 11.5 Å². The predicted octanol–water partition coefficient (Wildman–Crippen LogP) is 3.55. The molecule has 3 heterocycles. The molecule has 0 saturated carbocycles. The zero-order valence-electron chi connectivity index (χ0n) is 14.4. The Hall–Kier alpha value is -3.41. The topological polar surface area (TPSA) is 76.5 Å². The molecule has 3 aromatic heterocycles. The van der Waals surface area contributed by atoms with Gasteiger partial charge in [-0.1, -0.05) is 24.3 Å². The van der Waals surface area contributed by atoms with Crippen LogP contribution in [0.1, 0.15) is 33.5 Å². The smallest absolute Gasteiger partial charge is 0.359 e. The number of nitrogens with one attached hydrogen (secondary N) is 1. The van der Waals surface area contributed by atoms with E-state index in [2.05, 4.69) is 9.97 Å². The second kappa shape index (κ2) is 6.15. The maximum absolute atomic E-state index is 12.7. The number of rotatable bonds is 4. The molecule has 0 amide bonds. The number of esters is 1. The van der Waals surface area contributed by atoms with Crippen LogP contribution in [0.15, 0.2) is 54.9 Å². The molecule has 130 valence electrons. The first-order valence-electron chi connectivity index (χ1n) is 8.30. The number of imidazole rings is 1. The molecule has 26 heavy (non-hydrogen) atoms. The first kappa shape index (κ1) is 16.1. The Labute approximate surface area is 149 Å². The third-order valence-electron chi connectivity index (χ3n) is 4.41. The SMILES string of the molecule is Cc1cccc2nc(C(=O)O[C@@H](C)C(=O)c3c[nH]c4ccccc34)cn12. The summed E-state index contributed by atoms with van der Waals surface area (Å²) in [6.45, 7) is 3.50. The Bertz CT molecular complexity index is 1140. The molecule has 0 fully saturated rings. The minimum absolute atomic E-state index is 0.179. The van der Waals surface area contributed by atoms with Crippen molar-refractivity contribution in [2.45, 2.75) is 20.0 Å². The Morgan fingerprint density at radius 2 is 1.96 bits per heavy atom. The van der Waals surface area contributed by atoms with Crippen molar-refractivity contribution in [2.75, 3.05) is 0 Å². The molecule has 0 unspecified atom stereocenters. The highest BCUT2D eigenvalue weighted by atomic mass is 16.5. The van der Waals surface area contributed by atoms with E-state index in [1.165, 1.54) is 0 Å². The van der Waals surface area contributed by atoms with Crippen LogP contribution in [0.25, 0.3) is 16.6 Å². The van der Waals surface area contributed by atoms with Crippen molar-refractivity contribution in [2.24, 2.45) is 0 Å². The van der Waals surface area contributed by atoms with E-state index in [0.717, 1.165) is 16.6 Å². The molecule has 1 N–H and O–H groups in total. The van der Waals surface area contributed by atoms with Gasteiger partial charge < -0.3 is 14.1 Å². The van der Waals surface area contributed by atoms with Gasteiger partial charge in [-0.25, -0.2) is 9.78 Å². The molecule has 1 atom stereocenters. The fourth-order valence-electron chi connectivity index (χ4n) is 3.02. The number of aryl methyl sites for hydroxylation is 1. The van der Waals surface area contributed by atoms with E-state index in [0.29, 0.717) is 11.2 Å². The summed E-state index contributed by atoms with van der Waals surface area (Å²) in [4.78, 5) is 32.4. The van der Waals surface area contributed by atoms with Crippen molar-refractivity contribution in [3.05, 3.63) is 71.8 Å². The third-order valence-corrected chi connectivity index (χ3v) is 4.41. The molecule has 4 rings (SSSR count). The lowest BCUT2D eigenvalue weighted by molar-refractivity contribution is 0.0314. The number of H-pyrrole nitrogens is 1. The van der Waals surface area contributed by atoms with Gasteiger partial charge >= 0.3 is 5.97 Å². The summed E-state index contributed by atoms with van der Waals surface area (Å²) in [6.07, 6.45) is 2.36. The number of ketones is 1. The van der Waals surface area contributed by atoms with Crippen LogP contribution in [0.5, 0.6) is 0 Å². The highest BCUT2D eigenvalue weighted by Gasteiger charge is 2.24. The number of carbonyl (C=O) groups excluding carboxylic acids is 2. The zero-order chi connectivity index (χ0) is 18.3. The van der Waals surface area contributed by atoms with E-state index in [4.69, 9.17) is 4.74 Å². The fraction of sp³-hybridized carbons (Fsp3) is 0.150. The minimum Gasteiger partial charge on any atom is -0.449 e. The van der Waals surface area contributed by atoms with E-state index in [9.17, 15) is 9.59 Å². The van der Waals surface area contributed by atoms with Crippen LogP contribution in [-0.2, 0) is 4.74 Å². The number of fused-ring (bicyclic) bond motifs is 2. The number of para-hydroxylation sites is 1. The third kappa shape index (κ3) is 2.65. The first-order valence-corrected chi connectivity index (χ1v) is 8.30. The largest absolute Gasteiger partial charge is 0.449 e. The number of benzene rings is 1. The summed E-state index contributed by atoms with van der Waals surface area (Å²) in [7, 11) is 0. The Morgan fingerprint density at radius 3 is 2.77 bits per heavy atom. The van der Waals surface area contributed by atoms with Gasteiger partial charge in [0.25, 0.3) is 0 Å². The summed E-state index contributed by atoms with van der Waals surface area (Å²) in [5.41, 5.74) is 3.17. The van der Waals surface area contributed by atoms with Crippen LogP contribution in [0.4, 0.5) is 0 Å². The van der Waals surface area contributed by atoms with Crippen LogP contribution >= 0.6 is 0 Å². The number of carbonyl (C=O) groups is 2. The Morgan fingerprint density at radius 1 is 1.15 bits per heavy atom. The fourth-order valence-corrected chi connectivity index (χ4v) is 3.02. The molecule has 0 aliphatic carbocycles. The van der Waals surface area contributed by atoms with Gasteiger partial charge in [0.15, 0.2) is 11.8 Å². The normalized spacial score (nSPS) is 12.4. The standard InChI is InChI=1S/C20H17N3O3/c1-12-6-5-9-18-22-17(11-23(12)18)20(25)26-13(2)19(24)15-10-21-16-8-4-3-7-14(15)16/h3-11,13,21H,1-2H3/t13-/m0/s1. The predicted molar refractivity (Wildman–Crippen MR) is 97.4 cm³/mol. The average Bonchev–Trinajstić information content (AvgIpc) is 3.26. The minimum atomic E-state index is -0.910. The lowest BCUT2D eigenvalue weighted by Crippen LogP contribution is -2.24. The molecule has 0 bridgehead atoms. The van der Waals surface area contributed by atoms with E-state index in [1.54, 1.807) is 19.3 Å². The Balaban J connectivity index is 1.56. The first-order chi connectivity index (χ1) is 12.5. The van der Waals surface area contributed by atoms with Crippen LogP contribution in [0, 0.1) is 6.92 Å². The van der Waals surface area contributed by atoms with Crippen LogP contribution in [0.2, 0.25) is 0 Å². The number of hydrogen-bond acceptors (Lipinski definition) is 4. The molecule has 6 nitrogen and oxygen atoms in total. The summed E-state index contributed by atoms with van der Waals surface area (Å²) in [5, 5.41) is 0.809. The van der Waals surface area contributed by atoms with Crippen molar-refractivity contribution in [1.82, 2.24) is 14.4 Å². The number of Topliss-reactive ketones (excluding diaryl/α,β-unsaturated/α-hetero) is 1. The number of nitrogens with zero attached hydrogens (tertiary/aromatic N) is 2. The molecule has 0 spiro atoms. The monoisotopic (exact) mass is 347 g/mol. The van der Waals surface area contributed by atoms with Gasteiger partial charge in [0.2, 0.25) is 5.78 Å². The summed E-state index contributed by atoms with van der Waals surface area (Å²) < 4.78 is 7.17. The van der Waals surface area contributed by atoms with E-state index in [1.807, 2.05) is 53.8 Å². The molecule has 6 heteroatoms. The quantitative estimate of drug-likeness (QED) is 0.452. The second-order valence-electron chi connectivity index (χ2n) is 6.18. The summed E-state index contributed by atoms with van der Waals surface area (Å²) >= 11 is 0. The molecule has 1 aromatic carbocycles. The van der Waals surface area contributed by atoms with Gasteiger partial charge in [0, 0.05) is 34.6 Å². The second-order valence-corrected chi connectivity index (χ2v) is 6.18. The van der Waals surface area contributed by atoms with Gasteiger partial charge in [-0.3, -0.25) is 4.79 Å². The van der Waals surface area contributed by atoms with Gasteiger partial charge in [0.05, 0.1) is 0 Å². The highest BCUT2D eigenvalue weighted by Crippen LogP contribution is 2.20. The average molecular weight is 347 g/mol. The number of hydrogen-bond donors (Lipinski definition) is 1. The molecule has 4 aromatic rings. The van der Waals surface area contributed by atoms with Crippen LogP contribution < -0.4 is 0 Å². The molecule has 0 aliphatic heterocycles.